The lowest BCUT2D eigenvalue weighted by Gasteiger charge is -2.39. The Balaban J connectivity index is 2.41. The number of aliphatic hydroxyl groups is 4. The molecule has 10 heteroatoms. The Morgan fingerprint density at radius 2 is 1.11 bits per heavy atom. The number of hydrogen-bond acceptors (Lipinski definition) is 10. The summed E-state index contributed by atoms with van der Waals surface area (Å²) in [6.45, 7) is 3.21. The number of aliphatic hydroxyl groups excluding tert-OH is 4. The highest BCUT2D eigenvalue weighted by molar-refractivity contribution is 5.70. The molecule has 0 aromatic heterocycles. The standard InChI is InChI=1S/C43H72O10/c1-3-5-7-9-11-13-15-17-18-20-21-23-25-27-29-31-38(45)50-34-36(35-51-43-42(49)41(48)40(47)37(33-44)53-43)52-39(46)32-30-28-26-24-22-19-16-14-12-10-8-6-4-2/h5,7,11-14,17-19,22,36-37,40-44,47-49H,3-4,6,8-10,15-16,20-21,23-35H2,1-2H3. The summed E-state index contributed by atoms with van der Waals surface area (Å²) in [4.78, 5) is 25.2. The molecule has 0 aromatic carbocycles. The van der Waals surface area contributed by atoms with Gasteiger partial charge in [0, 0.05) is 12.8 Å². The van der Waals surface area contributed by atoms with Gasteiger partial charge in [-0.05, 0) is 77.0 Å². The Morgan fingerprint density at radius 3 is 1.70 bits per heavy atom. The molecule has 53 heavy (non-hydrogen) atoms. The first-order chi connectivity index (χ1) is 25.8. The molecule has 0 bridgehead atoms. The van der Waals surface area contributed by atoms with E-state index in [0.717, 1.165) is 83.5 Å². The van der Waals surface area contributed by atoms with Crippen molar-refractivity contribution in [3.8, 4) is 0 Å². The lowest BCUT2D eigenvalue weighted by atomic mass is 9.99. The van der Waals surface area contributed by atoms with Crippen LogP contribution in [0.2, 0.25) is 0 Å². The van der Waals surface area contributed by atoms with Gasteiger partial charge < -0.3 is 39.4 Å². The minimum atomic E-state index is -1.60. The average molecular weight is 749 g/mol. The first-order valence-electron chi connectivity index (χ1n) is 20.4. The highest BCUT2D eigenvalue weighted by Gasteiger charge is 2.44. The van der Waals surface area contributed by atoms with E-state index in [1.807, 2.05) is 0 Å². The van der Waals surface area contributed by atoms with Crippen LogP contribution >= 0.6 is 0 Å². The minimum absolute atomic E-state index is 0.193. The molecule has 10 nitrogen and oxygen atoms in total. The molecule has 1 rings (SSSR count). The van der Waals surface area contributed by atoms with E-state index in [1.54, 1.807) is 0 Å². The third-order valence-corrected chi connectivity index (χ3v) is 8.89. The van der Waals surface area contributed by atoms with Crippen LogP contribution in [0.4, 0.5) is 0 Å². The van der Waals surface area contributed by atoms with Crippen molar-refractivity contribution < 1.29 is 49.0 Å². The maximum absolute atomic E-state index is 12.7. The van der Waals surface area contributed by atoms with Crippen LogP contribution in [0.15, 0.2) is 60.8 Å². The molecule has 0 amide bonds. The van der Waals surface area contributed by atoms with E-state index in [0.29, 0.717) is 12.8 Å². The first-order valence-corrected chi connectivity index (χ1v) is 20.4. The molecule has 1 aliphatic heterocycles. The van der Waals surface area contributed by atoms with Crippen LogP contribution in [0.5, 0.6) is 0 Å². The maximum atomic E-state index is 12.7. The molecule has 1 fully saturated rings. The summed E-state index contributed by atoms with van der Waals surface area (Å²) in [5.41, 5.74) is 0. The molecule has 0 aromatic rings. The van der Waals surface area contributed by atoms with Crippen LogP contribution < -0.4 is 0 Å². The van der Waals surface area contributed by atoms with Gasteiger partial charge in [0.25, 0.3) is 0 Å². The maximum Gasteiger partial charge on any atom is 0.306 e. The second kappa shape index (κ2) is 33.9. The third-order valence-electron chi connectivity index (χ3n) is 8.89. The quantitative estimate of drug-likeness (QED) is 0.0304. The largest absolute Gasteiger partial charge is 0.462 e. The number of allylic oxidation sites excluding steroid dienone is 10. The molecule has 0 aliphatic carbocycles. The zero-order valence-corrected chi connectivity index (χ0v) is 32.7. The van der Waals surface area contributed by atoms with Crippen molar-refractivity contribution in [2.24, 2.45) is 0 Å². The van der Waals surface area contributed by atoms with Crippen molar-refractivity contribution in [2.75, 3.05) is 19.8 Å². The number of carbonyl (C=O) groups excluding carboxylic acids is 2. The van der Waals surface area contributed by atoms with Gasteiger partial charge >= 0.3 is 11.9 Å². The second-order valence-corrected chi connectivity index (χ2v) is 13.7. The molecule has 6 atom stereocenters. The number of carbonyl (C=O) groups is 2. The van der Waals surface area contributed by atoms with Crippen LogP contribution in [0.3, 0.4) is 0 Å². The van der Waals surface area contributed by atoms with Gasteiger partial charge in [0.2, 0.25) is 0 Å². The van der Waals surface area contributed by atoms with E-state index in [9.17, 15) is 30.0 Å². The van der Waals surface area contributed by atoms with Gasteiger partial charge in [-0.3, -0.25) is 9.59 Å². The number of hydrogen-bond donors (Lipinski definition) is 4. The fraction of sp³-hybridized carbons (Fsp3) is 0.721. The first kappa shape index (κ1) is 48.4. The van der Waals surface area contributed by atoms with Crippen LogP contribution in [-0.2, 0) is 28.5 Å². The molecule has 1 heterocycles. The SMILES string of the molecule is CCC=CCC=CCC=CCCCCCCCC(=O)OCC(COC1OC(CO)C(O)C(O)C1O)OC(=O)CCCCCC=CCC=CCCCCC. The van der Waals surface area contributed by atoms with Crippen molar-refractivity contribution in [1.82, 2.24) is 0 Å². The van der Waals surface area contributed by atoms with Crippen LogP contribution in [0, 0.1) is 0 Å². The Bertz CT molecular complexity index is 1050. The van der Waals surface area contributed by atoms with Gasteiger partial charge in [-0.2, -0.15) is 0 Å². The minimum Gasteiger partial charge on any atom is -0.462 e. The number of unbranched alkanes of at least 4 members (excludes halogenated alkanes) is 11. The van der Waals surface area contributed by atoms with Crippen LogP contribution in [-0.4, -0.2) is 89.0 Å². The number of esters is 2. The topological polar surface area (TPSA) is 152 Å². The monoisotopic (exact) mass is 749 g/mol. The third kappa shape index (κ3) is 25.9. The lowest BCUT2D eigenvalue weighted by molar-refractivity contribution is -0.305. The molecule has 1 aliphatic rings. The van der Waals surface area contributed by atoms with E-state index in [-0.39, 0.29) is 26.1 Å². The molecule has 0 spiro atoms. The summed E-state index contributed by atoms with van der Waals surface area (Å²) < 4.78 is 22.0. The van der Waals surface area contributed by atoms with E-state index in [2.05, 4.69) is 74.6 Å². The molecule has 6 unspecified atom stereocenters. The lowest BCUT2D eigenvalue weighted by Crippen LogP contribution is -2.59. The van der Waals surface area contributed by atoms with Gasteiger partial charge in [-0.15, -0.1) is 0 Å². The van der Waals surface area contributed by atoms with Crippen molar-refractivity contribution in [1.29, 1.82) is 0 Å². The smallest absolute Gasteiger partial charge is 0.306 e. The fourth-order valence-electron chi connectivity index (χ4n) is 5.64. The van der Waals surface area contributed by atoms with E-state index < -0.39 is 55.4 Å². The summed E-state index contributed by atoms with van der Waals surface area (Å²) in [7, 11) is 0. The Labute approximate surface area is 320 Å². The normalized spacial score (nSPS) is 21.5. The van der Waals surface area contributed by atoms with Crippen LogP contribution in [0.25, 0.3) is 0 Å². The summed E-state index contributed by atoms with van der Waals surface area (Å²) in [6.07, 6.45) is 32.3. The van der Waals surface area contributed by atoms with Gasteiger partial charge in [-0.1, -0.05) is 113 Å². The molecule has 304 valence electrons. The van der Waals surface area contributed by atoms with Gasteiger partial charge in [-0.25, -0.2) is 0 Å². The predicted molar refractivity (Wildman–Crippen MR) is 210 cm³/mol. The zero-order chi connectivity index (χ0) is 38.8. The molecular formula is C43H72O10. The predicted octanol–water partition coefficient (Wildman–Crippen LogP) is 7.88. The summed E-state index contributed by atoms with van der Waals surface area (Å²) in [5.74, 6) is -0.863. The van der Waals surface area contributed by atoms with Gasteiger partial charge in [0.15, 0.2) is 12.4 Å². The zero-order valence-electron chi connectivity index (χ0n) is 32.7. The molecule has 1 saturated heterocycles. The number of rotatable bonds is 32. The summed E-state index contributed by atoms with van der Waals surface area (Å²) >= 11 is 0. The van der Waals surface area contributed by atoms with Crippen molar-refractivity contribution >= 4 is 11.9 Å². The van der Waals surface area contributed by atoms with Crippen molar-refractivity contribution in [2.45, 2.75) is 179 Å². The van der Waals surface area contributed by atoms with E-state index >= 15 is 0 Å². The highest BCUT2D eigenvalue weighted by atomic mass is 16.7. The van der Waals surface area contributed by atoms with E-state index in [1.165, 1.54) is 19.3 Å². The Kier molecular flexibility index (Phi) is 31.0. The molecule has 0 radical (unpaired) electrons. The van der Waals surface area contributed by atoms with Crippen LogP contribution in [0.1, 0.15) is 142 Å². The van der Waals surface area contributed by atoms with Gasteiger partial charge in [0.1, 0.15) is 31.0 Å². The Morgan fingerprint density at radius 1 is 0.604 bits per heavy atom. The number of ether oxygens (including phenoxy) is 4. The molecular weight excluding hydrogens is 676 g/mol. The average Bonchev–Trinajstić information content (AvgIpc) is 3.15. The Hall–Kier alpha value is -2.60. The summed E-state index contributed by atoms with van der Waals surface area (Å²) in [5, 5.41) is 40.0. The fourth-order valence-corrected chi connectivity index (χ4v) is 5.64. The van der Waals surface area contributed by atoms with Crippen molar-refractivity contribution in [3.63, 3.8) is 0 Å². The molecule has 4 N–H and O–H groups in total. The van der Waals surface area contributed by atoms with Gasteiger partial charge in [0.05, 0.1) is 13.2 Å². The second-order valence-electron chi connectivity index (χ2n) is 13.7. The van der Waals surface area contributed by atoms with E-state index in [4.69, 9.17) is 18.9 Å². The summed E-state index contributed by atoms with van der Waals surface area (Å²) in [6, 6.07) is 0. The highest BCUT2D eigenvalue weighted by Crippen LogP contribution is 2.22. The van der Waals surface area contributed by atoms with Crippen molar-refractivity contribution in [3.05, 3.63) is 60.8 Å². The molecule has 0 saturated carbocycles.